The van der Waals surface area contributed by atoms with Crippen LogP contribution in [0.2, 0.25) is 18.1 Å². The van der Waals surface area contributed by atoms with E-state index in [4.69, 9.17) is 13.9 Å². The molecule has 0 bridgehead atoms. The Morgan fingerprint density at radius 1 is 1.11 bits per heavy atom. The van der Waals surface area contributed by atoms with Crippen LogP contribution < -0.4 is 4.74 Å². The molecule has 0 spiro atoms. The van der Waals surface area contributed by atoms with Crippen LogP contribution in [-0.2, 0) is 15.8 Å². The number of hydrogen-bond acceptors (Lipinski definition) is 4. The lowest BCUT2D eigenvalue weighted by Crippen LogP contribution is -2.47. The molecular formula is C22H36O4Si. The molecule has 0 saturated carbocycles. The maximum atomic E-state index is 10.4. The Kier molecular flexibility index (Phi) is 8.95. The molecule has 0 aliphatic rings. The van der Waals surface area contributed by atoms with Crippen LogP contribution in [0.4, 0.5) is 0 Å². The van der Waals surface area contributed by atoms with Crippen LogP contribution in [0.3, 0.4) is 0 Å². The first-order chi connectivity index (χ1) is 12.5. The number of aliphatic hydroxyl groups excluding tert-OH is 1. The van der Waals surface area contributed by atoms with E-state index >= 15 is 0 Å². The topological polar surface area (TPSA) is 47.9 Å². The molecule has 152 valence electrons. The molecule has 27 heavy (non-hydrogen) atoms. The molecule has 0 fully saturated rings. The van der Waals surface area contributed by atoms with Gasteiger partial charge in [-0.3, -0.25) is 0 Å². The molecule has 1 aromatic rings. The van der Waals surface area contributed by atoms with Gasteiger partial charge < -0.3 is 19.0 Å². The minimum Gasteiger partial charge on any atom is -0.497 e. The zero-order chi connectivity index (χ0) is 20.7. The molecule has 0 saturated heterocycles. The first kappa shape index (κ1) is 23.6. The third-order valence-electron chi connectivity index (χ3n) is 5.23. The van der Waals surface area contributed by atoms with Crippen molar-refractivity contribution in [3.8, 4) is 5.75 Å². The zero-order valence-corrected chi connectivity index (χ0v) is 18.7. The van der Waals surface area contributed by atoms with Crippen LogP contribution in [0.1, 0.15) is 32.8 Å². The van der Waals surface area contributed by atoms with E-state index in [1.165, 1.54) is 6.08 Å². The third-order valence-corrected chi connectivity index (χ3v) is 9.73. The van der Waals surface area contributed by atoms with Crippen molar-refractivity contribution in [3.63, 3.8) is 0 Å². The number of aliphatic hydroxyl groups is 1. The van der Waals surface area contributed by atoms with Gasteiger partial charge in [0.15, 0.2) is 8.32 Å². The lowest BCUT2D eigenvalue weighted by molar-refractivity contribution is -0.00268. The van der Waals surface area contributed by atoms with E-state index in [0.717, 1.165) is 11.3 Å². The highest BCUT2D eigenvalue weighted by atomic mass is 28.4. The first-order valence-corrected chi connectivity index (χ1v) is 12.3. The fourth-order valence-electron chi connectivity index (χ4n) is 2.35. The lowest BCUT2D eigenvalue weighted by atomic mass is 10.1. The average Bonchev–Trinajstić information content (AvgIpc) is 2.62. The van der Waals surface area contributed by atoms with Crippen LogP contribution >= 0.6 is 0 Å². The zero-order valence-electron chi connectivity index (χ0n) is 17.7. The summed E-state index contributed by atoms with van der Waals surface area (Å²) in [4.78, 5) is 0. The average molecular weight is 393 g/mol. The number of ether oxygens (including phenoxy) is 2. The number of hydrogen-bond donors (Lipinski definition) is 1. The minimum absolute atomic E-state index is 0.0553. The van der Waals surface area contributed by atoms with Crippen molar-refractivity contribution in [2.45, 2.75) is 70.2 Å². The maximum absolute atomic E-state index is 10.4. The largest absolute Gasteiger partial charge is 0.497 e. The molecule has 0 radical (unpaired) electrons. The van der Waals surface area contributed by atoms with Gasteiger partial charge in [-0.25, -0.2) is 0 Å². The summed E-state index contributed by atoms with van der Waals surface area (Å²) in [5.41, 5.74) is 1.05. The van der Waals surface area contributed by atoms with Crippen LogP contribution in [0.25, 0.3) is 0 Å². The van der Waals surface area contributed by atoms with Crippen molar-refractivity contribution in [2.75, 3.05) is 7.11 Å². The fourth-order valence-corrected chi connectivity index (χ4v) is 3.70. The summed E-state index contributed by atoms with van der Waals surface area (Å²) in [5, 5.41) is 10.5. The SMILES string of the molecule is C=CC(O)[C@H](C[C@@H](C=C)OCc1ccc(OC)cc1)O[Si](C)(C)C(C)(C)C. The Hall–Kier alpha value is -1.40. The van der Waals surface area contributed by atoms with Crippen molar-refractivity contribution in [1.82, 2.24) is 0 Å². The summed E-state index contributed by atoms with van der Waals surface area (Å²) in [6, 6.07) is 7.77. The molecule has 1 aromatic carbocycles. The second-order valence-electron chi connectivity index (χ2n) is 8.31. The smallest absolute Gasteiger partial charge is 0.192 e. The van der Waals surface area contributed by atoms with Crippen molar-refractivity contribution >= 4 is 8.32 Å². The molecule has 0 heterocycles. The number of benzene rings is 1. The molecule has 5 heteroatoms. The molecule has 3 atom stereocenters. The molecule has 1 unspecified atom stereocenters. The van der Waals surface area contributed by atoms with E-state index < -0.39 is 14.4 Å². The molecule has 0 aliphatic carbocycles. The Morgan fingerprint density at radius 2 is 1.70 bits per heavy atom. The molecule has 0 amide bonds. The van der Waals surface area contributed by atoms with Gasteiger partial charge in [0.05, 0.1) is 32.0 Å². The van der Waals surface area contributed by atoms with Crippen molar-refractivity contribution in [3.05, 3.63) is 55.1 Å². The minimum atomic E-state index is -2.04. The first-order valence-electron chi connectivity index (χ1n) is 9.39. The van der Waals surface area contributed by atoms with Gasteiger partial charge in [-0.05, 0) is 35.8 Å². The predicted molar refractivity (Wildman–Crippen MR) is 115 cm³/mol. The highest BCUT2D eigenvalue weighted by molar-refractivity contribution is 6.74. The van der Waals surface area contributed by atoms with Gasteiger partial charge >= 0.3 is 0 Å². The fraction of sp³-hybridized carbons (Fsp3) is 0.545. The van der Waals surface area contributed by atoms with E-state index in [1.54, 1.807) is 13.2 Å². The van der Waals surface area contributed by atoms with E-state index in [2.05, 4.69) is 47.0 Å². The van der Waals surface area contributed by atoms with Gasteiger partial charge in [-0.15, -0.1) is 13.2 Å². The van der Waals surface area contributed by atoms with Crippen LogP contribution in [0, 0.1) is 0 Å². The lowest BCUT2D eigenvalue weighted by Gasteiger charge is -2.40. The van der Waals surface area contributed by atoms with Gasteiger partial charge in [0.1, 0.15) is 5.75 Å². The molecule has 0 aromatic heterocycles. The maximum Gasteiger partial charge on any atom is 0.192 e. The summed E-state index contributed by atoms with van der Waals surface area (Å²) in [7, 11) is -0.390. The van der Waals surface area contributed by atoms with Crippen molar-refractivity contribution in [2.24, 2.45) is 0 Å². The monoisotopic (exact) mass is 392 g/mol. The predicted octanol–water partition coefficient (Wildman–Crippen LogP) is 5.09. The Morgan fingerprint density at radius 3 is 2.15 bits per heavy atom. The summed E-state index contributed by atoms with van der Waals surface area (Å²) < 4.78 is 17.6. The Balaban J connectivity index is 2.78. The van der Waals surface area contributed by atoms with E-state index in [0.29, 0.717) is 13.0 Å². The standard InChI is InChI=1S/C22H36O4Si/c1-9-18(25-16-17-11-13-19(24-6)14-12-17)15-21(20(23)10-2)26-27(7,8)22(3,4)5/h9-14,18,20-21,23H,1-2,15-16H2,3-8H3/t18-,20?,21+/m1/s1. The molecule has 1 N–H and O–H groups in total. The van der Waals surface area contributed by atoms with E-state index in [1.807, 2.05) is 24.3 Å². The third kappa shape index (κ3) is 7.26. The summed E-state index contributed by atoms with van der Waals surface area (Å²) in [5.74, 6) is 0.816. The summed E-state index contributed by atoms with van der Waals surface area (Å²) in [6.45, 7) is 19.0. The van der Waals surface area contributed by atoms with Gasteiger partial charge in [0.2, 0.25) is 0 Å². The van der Waals surface area contributed by atoms with E-state index in [9.17, 15) is 5.11 Å². The summed E-state index contributed by atoms with van der Waals surface area (Å²) in [6.07, 6.45) is 2.48. The Bertz CT molecular complexity index is 589. The molecular weight excluding hydrogens is 356 g/mol. The molecule has 1 rings (SSSR count). The normalized spacial score (nSPS) is 15.7. The number of methoxy groups -OCH3 is 1. The van der Waals surface area contributed by atoms with Crippen molar-refractivity contribution < 1.29 is 19.0 Å². The second kappa shape index (κ2) is 10.2. The van der Waals surface area contributed by atoms with E-state index in [-0.39, 0.29) is 17.2 Å². The van der Waals surface area contributed by atoms with Crippen LogP contribution in [0.15, 0.2) is 49.6 Å². The highest BCUT2D eigenvalue weighted by Crippen LogP contribution is 2.38. The van der Waals surface area contributed by atoms with Gasteiger partial charge in [0.25, 0.3) is 0 Å². The molecule has 0 aliphatic heterocycles. The van der Waals surface area contributed by atoms with Crippen molar-refractivity contribution in [1.29, 1.82) is 0 Å². The summed E-state index contributed by atoms with van der Waals surface area (Å²) >= 11 is 0. The Labute approximate surface area is 166 Å². The second-order valence-corrected chi connectivity index (χ2v) is 13.1. The van der Waals surface area contributed by atoms with Crippen LogP contribution in [0.5, 0.6) is 5.75 Å². The highest BCUT2D eigenvalue weighted by Gasteiger charge is 2.40. The molecule has 4 nitrogen and oxygen atoms in total. The van der Waals surface area contributed by atoms with Crippen LogP contribution in [-0.4, -0.2) is 38.8 Å². The quantitative estimate of drug-likeness (QED) is 0.421. The van der Waals surface area contributed by atoms with Gasteiger partial charge in [0, 0.05) is 6.42 Å². The van der Waals surface area contributed by atoms with Gasteiger partial charge in [-0.1, -0.05) is 45.1 Å². The van der Waals surface area contributed by atoms with Gasteiger partial charge in [-0.2, -0.15) is 0 Å². The number of rotatable bonds is 11.